The van der Waals surface area contributed by atoms with E-state index in [0.717, 1.165) is 72.2 Å². The molecule has 8 atom stereocenters. The molecule has 4 aromatic rings. The molecule has 3 aromatic carbocycles. The molecule has 4 heterocycles. The summed E-state index contributed by atoms with van der Waals surface area (Å²) in [7, 11) is 2.64. The Bertz CT molecular complexity index is 2610. The van der Waals surface area contributed by atoms with E-state index in [1.54, 1.807) is 0 Å². The molecule has 2 saturated heterocycles. The summed E-state index contributed by atoms with van der Waals surface area (Å²) in [6, 6.07) is 18.7. The number of carbonyl (C=O) groups is 4. The number of methoxy groups -OCH3 is 2. The Morgan fingerprint density at radius 3 is 2.14 bits per heavy atom. The molecule has 340 valence electrons. The molecule has 0 radical (unpaired) electrons. The van der Waals surface area contributed by atoms with Crippen LogP contribution in [-0.2, 0) is 25.5 Å². The number of nitrogens with one attached hydrogen (secondary N) is 3. The Balaban J connectivity index is 0.868. The zero-order chi connectivity index (χ0) is 45.3. The van der Waals surface area contributed by atoms with Crippen molar-refractivity contribution in [3.8, 4) is 22.3 Å². The fraction of sp³-hybridized carbons (Fsp3) is 0.500. The molecule has 8 unspecified atom stereocenters. The maximum Gasteiger partial charge on any atom is 0.407 e. The Hall–Kier alpha value is -5.98. The fourth-order valence-electron chi connectivity index (χ4n) is 12.1. The van der Waals surface area contributed by atoms with E-state index < -0.39 is 24.3 Å². The normalized spacial score (nSPS) is 25.0. The van der Waals surface area contributed by atoms with E-state index in [1.165, 1.54) is 60.4 Å². The number of likely N-dealkylation sites (tertiary alicyclic amines) is 2. The Kier molecular flexibility index (Phi) is 11.3. The minimum atomic E-state index is -0.684. The van der Waals surface area contributed by atoms with Gasteiger partial charge < -0.3 is 34.9 Å². The van der Waals surface area contributed by atoms with Crippen molar-refractivity contribution in [3.05, 3.63) is 83.3 Å². The van der Waals surface area contributed by atoms with E-state index in [0.29, 0.717) is 30.7 Å². The van der Waals surface area contributed by atoms with Crippen molar-refractivity contribution in [2.45, 2.75) is 122 Å². The van der Waals surface area contributed by atoms with Gasteiger partial charge in [-0.15, -0.1) is 0 Å². The molecule has 3 aliphatic heterocycles. The number of hydrogen-bond acceptors (Lipinski definition) is 8. The van der Waals surface area contributed by atoms with E-state index in [4.69, 9.17) is 19.5 Å². The third-order valence-corrected chi connectivity index (χ3v) is 15.6. The van der Waals surface area contributed by atoms with Gasteiger partial charge >= 0.3 is 12.2 Å². The van der Waals surface area contributed by atoms with Crippen LogP contribution in [-0.4, -0.2) is 94.4 Å². The van der Waals surface area contributed by atoms with Crippen LogP contribution in [0.15, 0.2) is 65.8 Å². The lowest BCUT2D eigenvalue weighted by Gasteiger charge is -2.38. The van der Waals surface area contributed by atoms with Crippen molar-refractivity contribution in [1.29, 1.82) is 0 Å². The zero-order valence-corrected chi connectivity index (χ0v) is 38.4. The van der Waals surface area contributed by atoms with Gasteiger partial charge in [-0.25, -0.2) is 14.6 Å². The van der Waals surface area contributed by atoms with Gasteiger partial charge in [-0.2, -0.15) is 0 Å². The van der Waals surface area contributed by atoms with Gasteiger partial charge in [-0.3, -0.25) is 14.6 Å². The largest absolute Gasteiger partial charge is 0.453 e. The highest BCUT2D eigenvalue weighted by atomic mass is 16.5. The van der Waals surface area contributed by atoms with Crippen molar-refractivity contribution >= 4 is 46.3 Å². The topological polar surface area (TPSA) is 158 Å². The molecule has 13 heteroatoms. The maximum absolute atomic E-state index is 14.1. The van der Waals surface area contributed by atoms with Crippen LogP contribution >= 0.6 is 0 Å². The highest BCUT2D eigenvalue weighted by Gasteiger charge is 2.52. The minimum absolute atomic E-state index is 0.0417. The summed E-state index contributed by atoms with van der Waals surface area (Å²) in [5.74, 6) is 2.04. The number of aliphatic imine (C=N–C) groups is 1. The summed E-state index contributed by atoms with van der Waals surface area (Å²) >= 11 is 0. The molecule has 4 fully saturated rings. The summed E-state index contributed by atoms with van der Waals surface area (Å²) in [5, 5.41) is 5.55. The highest BCUT2D eigenvalue weighted by molar-refractivity contribution is 6.04. The summed E-state index contributed by atoms with van der Waals surface area (Å²) in [6.45, 7) is 8.37. The number of imidazole rings is 1. The summed E-state index contributed by atoms with van der Waals surface area (Å²) in [5.41, 5.74) is 13.1. The van der Waals surface area contributed by atoms with Gasteiger partial charge in [0, 0.05) is 30.9 Å². The zero-order valence-electron chi connectivity index (χ0n) is 38.4. The average Bonchev–Trinajstić information content (AvgIpc) is 4.17. The third-order valence-electron chi connectivity index (χ3n) is 15.6. The summed E-state index contributed by atoms with van der Waals surface area (Å²) < 4.78 is 9.69. The SMILES string of the molecule is COC(=O)NC(C(=O)N1CCCC1c1nc2ccc(-c3ccc(-c4ccc(C5=CN=C(C6C7CCC(C7)N6C(=O)C(NC(=O)OC)C(C)C)C5)cc4)c4c3C3CCC3C4)cc2[nH]1)C(C)C. The second kappa shape index (κ2) is 17.1. The van der Waals surface area contributed by atoms with E-state index in [1.807, 2.05) is 43.7 Å². The number of alkyl carbamates (subject to hydrolysis) is 2. The molecular formula is C52H61N7O6. The molecule has 1 aromatic heterocycles. The number of carbonyl (C=O) groups excluding carboxylic acids is 4. The van der Waals surface area contributed by atoms with Gasteiger partial charge in [0.25, 0.3) is 0 Å². The molecule has 3 aliphatic carbocycles. The number of H-pyrrole nitrogens is 1. The van der Waals surface area contributed by atoms with Crippen LogP contribution in [0.2, 0.25) is 0 Å². The minimum Gasteiger partial charge on any atom is -0.453 e. The first-order valence-corrected chi connectivity index (χ1v) is 23.8. The molecule has 0 spiro atoms. The number of hydrogen-bond donors (Lipinski definition) is 3. The molecular weight excluding hydrogens is 819 g/mol. The number of nitrogens with zero attached hydrogens (tertiary/aromatic N) is 4. The first-order chi connectivity index (χ1) is 31.4. The Morgan fingerprint density at radius 2 is 1.45 bits per heavy atom. The van der Waals surface area contributed by atoms with Crippen LogP contribution < -0.4 is 10.6 Å². The monoisotopic (exact) mass is 879 g/mol. The van der Waals surface area contributed by atoms with Crippen molar-refractivity contribution < 1.29 is 28.7 Å². The number of benzene rings is 3. The van der Waals surface area contributed by atoms with Crippen molar-refractivity contribution in [3.63, 3.8) is 0 Å². The molecule has 3 N–H and O–H groups in total. The number of piperidine rings is 1. The van der Waals surface area contributed by atoms with Gasteiger partial charge in [0.15, 0.2) is 0 Å². The van der Waals surface area contributed by atoms with Crippen LogP contribution in [0.1, 0.15) is 114 Å². The van der Waals surface area contributed by atoms with Gasteiger partial charge in [0.05, 0.1) is 37.3 Å². The number of ether oxygens (including phenoxy) is 2. The van der Waals surface area contributed by atoms with Gasteiger partial charge in [0.1, 0.15) is 17.9 Å². The van der Waals surface area contributed by atoms with E-state index in [-0.39, 0.29) is 41.8 Å². The highest BCUT2D eigenvalue weighted by Crippen LogP contribution is 2.56. The van der Waals surface area contributed by atoms with Crippen LogP contribution in [0.25, 0.3) is 38.9 Å². The Morgan fingerprint density at radius 1 is 0.769 bits per heavy atom. The second-order valence-electron chi connectivity index (χ2n) is 19.9. The first kappa shape index (κ1) is 42.9. The number of amides is 4. The third kappa shape index (κ3) is 7.58. The standard InChI is InChI=1S/C52H61N7O6/c1-27(2)45(56-51(62)64-5)49(60)58-21-7-8-43(58)48-54-40-20-15-32(24-41(40)55-48)38-19-18-36(39-23-31-14-17-37(31)44(38)39)30-11-9-29(10-12-30)34-25-42(53-26-34)47-33-13-16-35(22-33)59(47)50(61)46(28(3)4)57-52(63)65-6/h9-12,15,18-20,24,26-28,31,33,35,37,43,45-47H,7-8,13-14,16-17,21-23,25H2,1-6H3,(H,54,55)(H,56,62)(H,57,63). The Labute approximate surface area is 380 Å². The van der Waals surface area contributed by atoms with E-state index in [2.05, 4.69) is 70.2 Å². The predicted octanol–water partition coefficient (Wildman–Crippen LogP) is 8.94. The van der Waals surface area contributed by atoms with Gasteiger partial charge in [-0.1, -0.05) is 70.2 Å². The average molecular weight is 880 g/mol. The smallest absolute Gasteiger partial charge is 0.407 e. The van der Waals surface area contributed by atoms with Crippen LogP contribution in [0.3, 0.4) is 0 Å². The number of aromatic amines is 1. The van der Waals surface area contributed by atoms with Crippen molar-refractivity contribution in [2.24, 2.45) is 28.7 Å². The lowest BCUT2D eigenvalue weighted by atomic mass is 9.73. The molecule has 2 bridgehead atoms. The molecule has 2 saturated carbocycles. The quantitative estimate of drug-likeness (QED) is 0.136. The number of fused-ring (bicyclic) bond motifs is 6. The van der Waals surface area contributed by atoms with Crippen LogP contribution in [0, 0.1) is 23.7 Å². The van der Waals surface area contributed by atoms with E-state index >= 15 is 0 Å². The van der Waals surface area contributed by atoms with E-state index in [9.17, 15) is 19.2 Å². The molecule has 6 aliphatic rings. The molecule has 65 heavy (non-hydrogen) atoms. The summed E-state index contributed by atoms with van der Waals surface area (Å²) in [4.78, 5) is 69.7. The number of allylic oxidation sites excluding steroid dienone is 1. The lowest BCUT2D eigenvalue weighted by molar-refractivity contribution is -0.137. The van der Waals surface area contributed by atoms with Gasteiger partial charge in [0.2, 0.25) is 11.8 Å². The van der Waals surface area contributed by atoms with Crippen LogP contribution in [0.5, 0.6) is 0 Å². The molecule has 4 amide bonds. The summed E-state index contributed by atoms with van der Waals surface area (Å²) in [6.07, 6.45) is 9.76. The van der Waals surface area contributed by atoms with Crippen molar-refractivity contribution in [1.82, 2.24) is 30.4 Å². The first-order valence-electron chi connectivity index (χ1n) is 23.8. The molecule has 10 rings (SSSR count). The maximum atomic E-state index is 14.1. The number of rotatable bonds is 11. The lowest BCUT2D eigenvalue weighted by Crippen LogP contribution is -2.57. The fourth-order valence-corrected chi connectivity index (χ4v) is 12.1. The second-order valence-corrected chi connectivity index (χ2v) is 19.9. The predicted molar refractivity (Wildman–Crippen MR) is 250 cm³/mol. The molecule has 13 nitrogen and oxygen atoms in total. The van der Waals surface area contributed by atoms with Crippen LogP contribution in [0.4, 0.5) is 9.59 Å². The number of aromatic nitrogens is 2. The van der Waals surface area contributed by atoms with Crippen molar-refractivity contribution in [2.75, 3.05) is 20.8 Å². The van der Waals surface area contributed by atoms with Gasteiger partial charge in [-0.05, 0) is 138 Å².